The Kier molecular flexibility index (Phi) is 11.1. The standard InChI is InChI=1S/C42H25N3O.C38H23N3O/c1-2-11-30-26(9-1)10-7-15-31(30)29-23-24-38-37(25-29)33-12-3-4-14-36(33)42-44-43-41(45(38)42)28-21-19-27(20-22-28)32-16-8-17-35-34-13-5-6-18-39(34)46-40(32)35;1-2-10-24(11-3-1)27-14-8-17-32-35(27)31-13-4-6-18-33(31)41-37(39-40-38(32)41)26-22-20-25(21-23-26)28-15-9-16-30-29-12-5-7-19-34(29)42-36(28)30/h1-25H;1-23H. The average molecular weight is 1130 g/mol. The third-order valence-corrected chi connectivity index (χ3v) is 17.6. The normalized spacial score (nSPS) is 11.9. The maximum Gasteiger partial charge on any atom is 0.169 e. The van der Waals surface area contributed by atoms with Gasteiger partial charge in [0.2, 0.25) is 0 Å². The highest BCUT2D eigenvalue weighted by Gasteiger charge is 2.21. The van der Waals surface area contributed by atoms with Crippen LogP contribution in [0.15, 0.2) is 300 Å². The summed E-state index contributed by atoms with van der Waals surface area (Å²) in [6.45, 7) is 0. The van der Waals surface area contributed by atoms with Gasteiger partial charge in [-0.1, -0.05) is 261 Å². The van der Waals surface area contributed by atoms with Crippen LogP contribution in [0.5, 0.6) is 0 Å². The molecular weight excluding hydrogens is 1080 g/mol. The van der Waals surface area contributed by atoms with E-state index in [0.29, 0.717) is 0 Å². The summed E-state index contributed by atoms with van der Waals surface area (Å²) in [4.78, 5) is 0. The van der Waals surface area contributed by atoms with Crippen molar-refractivity contribution in [2.24, 2.45) is 0 Å². The second-order valence-corrected chi connectivity index (χ2v) is 22.5. The Balaban J connectivity index is 0.000000132. The van der Waals surface area contributed by atoms with E-state index in [1.807, 2.05) is 24.3 Å². The second-order valence-electron chi connectivity index (χ2n) is 22.5. The van der Waals surface area contributed by atoms with Crippen LogP contribution in [0.3, 0.4) is 0 Å². The number of hydrogen-bond acceptors (Lipinski definition) is 6. The molecule has 0 amide bonds. The Hall–Kier alpha value is -12.0. The van der Waals surface area contributed by atoms with Gasteiger partial charge in [0.1, 0.15) is 22.3 Å². The highest BCUT2D eigenvalue weighted by molar-refractivity contribution is 6.19. The lowest BCUT2D eigenvalue weighted by molar-refractivity contribution is 0.669. The molecule has 0 saturated carbocycles. The van der Waals surface area contributed by atoms with Gasteiger partial charge in [0, 0.05) is 70.7 Å². The smallest absolute Gasteiger partial charge is 0.169 e. The van der Waals surface area contributed by atoms with Gasteiger partial charge in [-0.2, -0.15) is 0 Å². The summed E-state index contributed by atoms with van der Waals surface area (Å²) in [6.07, 6.45) is 0. The van der Waals surface area contributed by atoms with Crippen LogP contribution in [0.2, 0.25) is 0 Å². The van der Waals surface area contributed by atoms with E-state index in [2.05, 4.69) is 276 Å². The third kappa shape index (κ3) is 7.72. The Labute approximate surface area is 503 Å². The summed E-state index contributed by atoms with van der Waals surface area (Å²) in [5, 5.41) is 32.9. The van der Waals surface area contributed by atoms with Crippen LogP contribution in [-0.2, 0) is 0 Å². The van der Waals surface area contributed by atoms with Crippen LogP contribution < -0.4 is 0 Å². The highest BCUT2D eigenvalue weighted by Crippen LogP contribution is 2.42. The number of hydrogen-bond donors (Lipinski definition) is 0. The summed E-state index contributed by atoms with van der Waals surface area (Å²) < 4.78 is 17.0. The molecule has 0 aliphatic carbocycles. The van der Waals surface area contributed by atoms with Crippen molar-refractivity contribution in [2.45, 2.75) is 0 Å². The van der Waals surface area contributed by atoms with Crippen molar-refractivity contribution in [3.63, 3.8) is 0 Å². The predicted molar refractivity (Wildman–Crippen MR) is 361 cm³/mol. The molecule has 88 heavy (non-hydrogen) atoms. The van der Waals surface area contributed by atoms with Crippen molar-refractivity contribution in [1.29, 1.82) is 0 Å². The number of furan rings is 2. The van der Waals surface area contributed by atoms with Crippen molar-refractivity contribution in [2.75, 3.05) is 0 Å². The molecule has 0 fully saturated rings. The quantitative estimate of drug-likeness (QED) is 0.154. The number of para-hydroxylation sites is 5. The molecule has 0 N–H and O–H groups in total. The summed E-state index contributed by atoms with van der Waals surface area (Å²) in [5.41, 5.74) is 18.6. The number of fused-ring (bicyclic) bond motifs is 19. The van der Waals surface area contributed by atoms with E-state index in [9.17, 15) is 0 Å². The van der Waals surface area contributed by atoms with Gasteiger partial charge in [-0.05, 0) is 79.9 Å². The predicted octanol–water partition coefficient (Wildman–Crippen LogP) is 21.0. The van der Waals surface area contributed by atoms with E-state index in [1.165, 1.54) is 54.6 Å². The number of pyridine rings is 2. The second kappa shape index (κ2) is 19.8. The van der Waals surface area contributed by atoms with Gasteiger partial charge in [0.05, 0.1) is 11.0 Å². The molecule has 0 atom stereocenters. The zero-order chi connectivity index (χ0) is 57.8. The lowest BCUT2D eigenvalue weighted by Gasteiger charge is -2.13. The van der Waals surface area contributed by atoms with Gasteiger partial charge in [-0.3, -0.25) is 8.80 Å². The molecule has 8 nitrogen and oxygen atoms in total. The molecule has 19 rings (SSSR count). The van der Waals surface area contributed by atoms with E-state index < -0.39 is 0 Å². The van der Waals surface area contributed by atoms with E-state index in [-0.39, 0.29) is 0 Å². The molecule has 0 radical (unpaired) electrons. The van der Waals surface area contributed by atoms with Gasteiger partial charge in [0.15, 0.2) is 22.9 Å². The molecule has 410 valence electrons. The van der Waals surface area contributed by atoms with Gasteiger partial charge in [0.25, 0.3) is 0 Å². The van der Waals surface area contributed by atoms with Crippen molar-refractivity contribution in [3.8, 4) is 67.3 Å². The fourth-order valence-corrected chi connectivity index (χ4v) is 13.6. The molecule has 0 aliphatic heterocycles. The summed E-state index contributed by atoms with van der Waals surface area (Å²) in [5.74, 6) is 1.64. The molecule has 8 heteroatoms. The number of benzene rings is 13. The first-order valence-electron chi connectivity index (χ1n) is 29.6. The first-order valence-corrected chi connectivity index (χ1v) is 29.6. The molecule has 0 spiro atoms. The average Bonchev–Trinajstić information content (AvgIpc) is 2.58. The summed E-state index contributed by atoms with van der Waals surface area (Å²) >= 11 is 0. The number of aromatic nitrogens is 6. The third-order valence-electron chi connectivity index (χ3n) is 17.6. The number of nitrogens with zero attached hydrogens (tertiary/aromatic N) is 6. The summed E-state index contributed by atoms with van der Waals surface area (Å²) in [7, 11) is 0. The van der Waals surface area contributed by atoms with Crippen molar-refractivity contribution in [3.05, 3.63) is 291 Å². The van der Waals surface area contributed by atoms with Gasteiger partial charge in [-0.25, -0.2) is 0 Å². The molecule has 6 heterocycles. The zero-order valence-electron chi connectivity index (χ0n) is 47.2. The molecule has 6 aromatic heterocycles. The van der Waals surface area contributed by atoms with Crippen LogP contribution in [0.1, 0.15) is 0 Å². The van der Waals surface area contributed by atoms with E-state index in [4.69, 9.17) is 29.2 Å². The molecule has 0 saturated heterocycles. The maximum absolute atomic E-state index is 6.33. The highest BCUT2D eigenvalue weighted by atomic mass is 16.3. The lowest BCUT2D eigenvalue weighted by atomic mass is 9.95. The van der Waals surface area contributed by atoms with Crippen LogP contribution >= 0.6 is 0 Å². The fraction of sp³-hybridized carbons (Fsp3) is 0. The molecular formula is C80H48N6O2. The SMILES string of the molecule is c1ccc(-c2cccc3c2c2ccccc2n2c(-c4ccc(-c5cccc6c5oc5ccccc56)cc4)nnc32)cc1.c1ccc2c(-c3ccc4c(c3)c3ccccc3c3nnc(-c5ccc(-c6cccc7c6oc6ccccc67)cc5)n43)cccc2c1. The Morgan fingerprint density at radius 1 is 0.239 bits per heavy atom. The van der Waals surface area contributed by atoms with Gasteiger partial charge >= 0.3 is 0 Å². The lowest BCUT2D eigenvalue weighted by Crippen LogP contribution is -1.95. The molecule has 13 aromatic carbocycles. The van der Waals surface area contributed by atoms with Crippen LogP contribution in [0, 0.1) is 0 Å². The first-order chi connectivity index (χ1) is 43.7. The largest absolute Gasteiger partial charge is 0.455 e. The van der Waals surface area contributed by atoms with E-state index in [0.717, 1.165) is 122 Å². The minimum Gasteiger partial charge on any atom is -0.455 e. The zero-order valence-corrected chi connectivity index (χ0v) is 47.2. The Bertz CT molecular complexity index is 5990. The maximum atomic E-state index is 6.33. The molecule has 0 bridgehead atoms. The molecule has 0 aliphatic rings. The van der Waals surface area contributed by atoms with Crippen molar-refractivity contribution in [1.82, 2.24) is 29.2 Å². The van der Waals surface area contributed by atoms with E-state index >= 15 is 0 Å². The van der Waals surface area contributed by atoms with E-state index in [1.54, 1.807) is 0 Å². The minimum absolute atomic E-state index is 0.817. The van der Waals surface area contributed by atoms with Crippen molar-refractivity contribution < 1.29 is 8.83 Å². The molecule has 19 aromatic rings. The van der Waals surface area contributed by atoms with Gasteiger partial charge in [-0.15, -0.1) is 20.4 Å². The van der Waals surface area contributed by atoms with Crippen LogP contribution in [0.4, 0.5) is 0 Å². The Morgan fingerprint density at radius 3 is 1.30 bits per heavy atom. The number of rotatable bonds is 6. The monoisotopic (exact) mass is 1120 g/mol. The van der Waals surface area contributed by atoms with Crippen molar-refractivity contribution >= 4 is 109 Å². The van der Waals surface area contributed by atoms with Crippen LogP contribution in [0.25, 0.3) is 177 Å². The summed E-state index contributed by atoms with van der Waals surface area (Å²) in [6, 6.07) is 102. The first kappa shape index (κ1) is 49.4. The van der Waals surface area contributed by atoms with Crippen LogP contribution in [-0.4, -0.2) is 29.2 Å². The molecule has 0 unspecified atom stereocenters. The fourth-order valence-electron chi connectivity index (χ4n) is 13.6. The topological polar surface area (TPSA) is 86.7 Å². The Morgan fingerprint density at radius 2 is 0.659 bits per heavy atom. The van der Waals surface area contributed by atoms with Gasteiger partial charge < -0.3 is 8.83 Å². The minimum atomic E-state index is 0.817.